The zero-order valence-corrected chi connectivity index (χ0v) is 16.2. The highest BCUT2D eigenvalue weighted by molar-refractivity contribution is 5.94. The second-order valence-corrected chi connectivity index (χ2v) is 7.91. The van der Waals surface area contributed by atoms with Gasteiger partial charge in [-0.2, -0.15) is 5.26 Å². The summed E-state index contributed by atoms with van der Waals surface area (Å²) in [5, 5.41) is 8.98. The van der Waals surface area contributed by atoms with E-state index in [2.05, 4.69) is 16.0 Å². The number of aromatic nitrogens is 3. The lowest BCUT2D eigenvalue weighted by Gasteiger charge is -2.43. The molecule has 0 aliphatic carbocycles. The van der Waals surface area contributed by atoms with E-state index < -0.39 is 0 Å². The Kier molecular flexibility index (Phi) is 4.40. The molecule has 30 heavy (non-hydrogen) atoms. The molecule has 0 N–H and O–H groups in total. The molecule has 5 rings (SSSR count). The van der Waals surface area contributed by atoms with E-state index in [0.29, 0.717) is 30.8 Å². The quantitative estimate of drug-likeness (QED) is 0.662. The molecule has 4 heterocycles. The SMILES string of the molecule is N#Cc1ccc(C(=O)N2CC3CC(C2)c2c(-c4cncnc4)ccc(=O)n2C3)cc1. The van der Waals surface area contributed by atoms with Gasteiger partial charge in [-0.25, -0.2) is 9.97 Å². The fourth-order valence-electron chi connectivity index (χ4n) is 4.73. The fourth-order valence-corrected chi connectivity index (χ4v) is 4.73. The van der Waals surface area contributed by atoms with Gasteiger partial charge in [0.05, 0.1) is 11.6 Å². The molecule has 0 saturated carbocycles. The first-order valence-electron chi connectivity index (χ1n) is 9.92. The number of piperidine rings is 1. The molecule has 1 saturated heterocycles. The number of hydrogen-bond donors (Lipinski definition) is 0. The van der Waals surface area contributed by atoms with Gasteiger partial charge in [0.1, 0.15) is 6.33 Å². The molecule has 2 aliphatic heterocycles. The standard InChI is InChI=1S/C23H19N5O2/c24-8-15-1-3-17(4-2-15)23(30)27-11-16-7-18(13-27)22-20(19-9-25-14-26-10-19)5-6-21(29)28(22)12-16/h1-6,9-10,14,16,18H,7,11-13H2. The van der Waals surface area contributed by atoms with Crippen molar-refractivity contribution in [2.45, 2.75) is 18.9 Å². The number of amides is 1. The van der Waals surface area contributed by atoms with E-state index >= 15 is 0 Å². The van der Waals surface area contributed by atoms with Crippen molar-refractivity contribution in [2.75, 3.05) is 13.1 Å². The Morgan fingerprint density at radius 3 is 2.53 bits per heavy atom. The predicted octanol–water partition coefficient (Wildman–Crippen LogP) is 2.44. The van der Waals surface area contributed by atoms with Crippen LogP contribution in [0.4, 0.5) is 0 Å². The maximum absolute atomic E-state index is 13.1. The third-order valence-corrected chi connectivity index (χ3v) is 6.01. The maximum atomic E-state index is 13.1. The number of rotatable bonds is 2. The molecule has 1 aromatic carbocycles. The minimum Gasteiger partial charge on any atom is -0.338 e. The lowest BCUT2D eigenvalue weighted by atomic mass is 9.80. The molecule has 1 fully saturated rings. The van der Waals surface area contributed by atoms with Crippen LogP contribution in [0.2, 0.25) is 0 Å². The smallest absolute Gasteiger partial charge is 0.253 e. The van der Waals surface area contributed by atoms with Crippen LogP contribution in [0.25, 0.3) is 11.1 Å². The first-order chi connectivity index (χ1) is 14.6. The average molecular weight is 397 g/mol. The van der Waals surface area contributed by atoms with Gasteiger partial charge in [-0.3, -0.25) is 9.59 Å². The third-order valence-electron chi connectivity index (χ3n) is 6.01. The topological polar surface area (TPSA) is 91.9 Å². The summed E-state index contributed by atoms with van der Waals surface area (Å²) in [7, 11) is 0. The Morgan fingerprint density at radius 2 is 1.80 bits per heavy atom. The second kappa shape index (κ2) is 7.23. The zero-order chi connectivity index (χ0) is 20.7. The molecular weight excluding hydrogens is 378 g/mol. The minimum atomic E-state index is -0.0366. The van der Waals surface area contributed by atoms with Gasteiger partial charge in [0, 0.05) is 66.4 Å². The van der Waals surface area contributed by atoms with E-state index in [1.165, 1.54) is 6.33 Å². The molecule has 7 nitrogen and oxygen atoms in total. The molecule has 0 radical (unpaired) electrons. The van der Waals surface area contributed by atoms with Gasteiger partial charge in [-0.15, -0.1) is 0 Å². The minimum absolute atomic E-state index is 0.00725. The van der Waals surface area contributed by atoms with Crippen LogP contribution >= 0.6 is 0 Å². The lowest BCUT2D eigenvalue weighted by molar-refractivity contribution is 0.0595. The van der Waals surface area contributed by atoms with Crippen LogP contribution in [0.5, 0.6) is 0 Å². The summed E-state index contributed by atoms with van der Waals surface area (Å²) in [4.78, 5) is 35.8. The van der Waals surface area contributed by atoms with Gasteiger partial charge in [0.25, 0.3) is 11.5 Å². The first kappa shape index (κ1) is 18.3. The summed E-state index contributed by atoms with van der Waals surface area (Å²) in [6.45, 7) is 1.78. The van der Waals surface area contributed by atoms with Crippen molar-refractivity contribution in [3.05, 3.63) is 82.3 Å². The van der Waals surface area contributed by atoms with E-state index in [0.717, 1.165) is 23.2 Å². The Labute approximate surface area is 173 Å². The number of nitriles is 1. The lowest BCUT2D eigenvalue weighted by Crippen LogP contribution is -2.49. The second-order valence-electron chi connectivity index (χ2n) is 7.91. The molecule has 2 bridgehead atoms. The first-order valence-corrected chi connectivity index (χ1v) is 9.92. The fraction of sp³-hybridized carbons (Fsp3) is 0.261. The normalized spacial score (nSPS) is 19.6. The predicted molar refractivity (Wildman–Crippen MR) is 110 cm³/mol. The van der Waals surface area contributed by atoms with Gasteiger partial charge in [-0.05, 0) is 42.7 Å². The summed E-state index contributed by atoms with van der Waals surface area (Å²) in [5.74, 6) is 0.271. The van der Waals surface area contributed by atoms with Gasteiger partial charge >= 0.3 is 0 Å². The third kappa shape index (κ3) is 3.07. The molecule has 148 valence electrons. The van der Waals surface area contributed by atoms with Crippen molar-refractivity contribution in [1.82, 2.24) is 19.4 Å². The number of hydrogen-bond acceptors (Lipinski definition) is 5. The van der Waals surface area contributed by atoms with Crippen LogP contribution in [-0.4, -0.2) is 38.4 Å². The summed E-state index contributed by atoms with van der Waals surface area (Å²) in [6.07, 6.45) is 5.94. The number of carbonyl (C=O) groups is 1. The zero-order valence-electron chi connectivity index (χ0n) is 16.2. The van der Waals surface area contributed by atoms with Crippen molar-refractivity contribution in [2.24, 2.45) is 5.92 Å². The largest absolute Gasteiger partial charge is 0.338 e. The molecule has 2 aliphatic rings. The number of fused-ring (bicyclic) bond motifs is 4. The van der Waals surface area contributed by atoms with Crippen LogP contribution in [0.1, 0.15) is 34.0 Å². The summed E-state index contributed by atoms with van der Waals surface area (Å²) in [5.41, 5.74) is 3.89. The van der Waals surface area contributed by atoms with E-state index in [4.69, 9.17) is 5.26 Å². The highest BCUT2D eigenvalue weighted by Gasteiger charge is 2.38. The van der Waals surface area contributed by atoms with E-state index in [1.807, 2.05) is 15.5 Å². The van der Waals surface area contributed by atoms with E-state index in [9.17, 15) is 9.59 Å². The van der Waals surface area contributed by atoms with Gasteiger partial charge in [0.15, 0.2) is 0 Å². The van der Waals surface area contributed by atoms with Crippen molar-refractivity contribution in [3.8, 4) is 17.2 Å². The van der Waals surface area contributed by atoms with E-state index in [1.54, 1.807) is 42.7 Å². The summed E-state index contributed by atoms with van der Waals surface area (Å²) < 4.78 is 1.87. The molecule has 1 amide bonds. The monoisotopic (exact) mass is 397 g/mol. The highest BCUT2D eigenvalue weighted by Crippen LogP contribution is 2.39. The number of nitrogens with zero attached hydrogens (tertiary/aromatic N) is 5. The van der Waals surface area contributed by atoms with Crippen LogP contribution < -0.4 is 5.56 Å². The van der Waals surface area contributed by atoms with Crippen molar-refractivity contribution in [3.63, 3.8) is 0 Å². The molecule has 2 unspecified atom stereocenters. The van der Waals surface area contributed by atoms with Gasteiger partial charge < -0.3 is 9.47 Å². The van der Waals surface area contributed by atoms with Crippen LogP contribution in [0.15, 0.2) is 59.9 Å². The van der Waals surface area contributed by atoms with Gasteiger partial charge in [0.2, 0.25) is 0 Å². The number of carbonyl (C=O) groups excluding carboxylic acids is 1. The van der Waals surface area contributed by atoms with Crippen LogP contribution in [0, 0.1) is 17.2 Å². The van der Waals surface area contributed by atoms with E-state index in [-0.39, 0.29) is 23.3 Å². The Balaban J connectivity index is 1.51. The molecule has 7 heteroatoms. The molecule has 0 spiro atoms. The number of pyridine rings is 1. The molecular formula is C23H19N5O2. The molecule has 2 atom stereocenters. The maximum Gasteiger partial charge on any atom is 0.253 e. The number of likely N-dealkylation sites (tertiary alicyclic amines) is 1. The van der Waals surface area contributed by atoms with Gasteiger partial charge in [-0.1, -0.05) is 0 Å². The summed E-state index contributed by atoms with van der Waals surface area (Å²) >= 11 is 0. The van der Waals surface area contributed by atoms with Crippen molar-refractivity contribution < 1.29 is 4.79 Å². The molecule has 2 aromatic heterocycles. The Morgan fingerprint density at radius 1 is 1.03 bits per heavy atom. The Hall–Kier alpha value is -3.79. The van der Waals surface area contributed by atoms with Crippen molar-refractivity contribution in [1.29, 1.82) is 5.26 Å². The average Bonchev–Trinajstić information content (AvgIpc) is 2.80. The highest BCUT2D eigenvalue weighted by atomic mass is 16.2. The van der Waals surface area contributed by atoms with Crippen molar-refractivity contribution >= 4 is 5.91 Å². The number of benzene rings is 1. The Bertz CT molecular complexity index is 1210. The van der Waals surface area contributed by atoms with Crippen LogP contribution in [0.3, 0.4) is 0 Å². The molecule has 3 aromatic rings. The summed E-state index contributed by atoms with van der Waals surface area (Å²) in [6, 6.07) is 12.3. The van der Waals surface area contributed by atoms with Crippen LogP contribution in [-0.2, 0) is 6.54 Å².